The molecule has 112 valence electrons. The van der Waals surface area contributed by atoms with Gasteiger partial charge in [0.1, 0.15) is 0 Å². The second kappa shape index (κ2) is 6.45. The summed E-state index contributed by atoms with van der Waals surface area (Å²) in [7, 11) is -3.93. The lowest BCUT2D eigenvalue weighted by Crippen LogP contribution is -2.51. The molecule has 0 saturated heterocycles. The van der Waals surface area contributed by atoms with E-state index in [-0.39, 0.29) is 17.1 Å². The van der Waals surface area contributed by atoms with Gasteiger partial charge < -0.3 is 10.2 Å². The summed E-state index contributed by atoms with van der Waals surface area (Å²) in [6.07, 6.45) is 0.280. The van der Waals surface area contributed by atoms with E-state index in [2.05, 4.69) is 4.72 Å². The van der Waals surface area contributed by atoms with Crippen molar-refractivity contribution in [3.8, 4) is 0 Å². The van der Waals surface area contributed by atoms with Crippen molar-refractivity contribution in [3.05, 3.63) is 29.8 Å². The van der Waals surface area contributed by atoms with Crippen molar-refractivity contribution in [2.75, 3.05) is 13.2 Å². The second-order valence-corrected chi connectivity index (χ2v) is 6.47. The summed E-state index contributed by atoms with van der Waals surface area (Å²) in [5.41, 5.74) is -1.05. The number of aliphatic hydroxyl groups is 2. The molecule has 3 N–H and O–H groups in total. The Labute approximate surface area is 118 Å². The average molecular weight is 301 g/mol. The molecule has 0 unspecified atom stereocenters. The maximum atomic E-state index is 12.2. The van der Waals surface area contributed by atoms with E-state index in [1.54, 1.807) is 13.0 Å². The minimum absolute atomic E-state index is 0.0788. The molecule has 0 atom stereocenters. The van der Waals surface area contributed by atoms with Crippen LogP contribution in [0.15, 0.2) is 29.2 Å². The Morgan fingerprint density at radius 2 is 1.90 bits per heavy atom. The van der Waals surface area contributed by atoms with Crippen molar-refractivity contribution in [1.29, 1.82) is 0 Å². The Morgan fingerprint density at radius 1 is 1.30 bits per heavy atom. The Kier molecular flexibility index (Phi) is 5.41. The molecule has 0 aliphatic carbocycles. The molecule has 6 nitrogen and oxygen atoms in total. The van der Waals surface area contributed by atoms with Gasteiger partial charge in [0.05, 0.1) is 23.6 Å². The highest BCUT2D eigenvalue weighted by Crippen LogP contribution is 2.15. The number of rotatable bonds is 7. The van der Waals surface area contributed by atoms with Gasteiger partial charge in [-0.05, 0) is 19.1 Å². The minimum atomic E-state index is -3.93. The molecular weight excluding hydrogens is 282 g/mol. The zero-order chi connectivity index (χ0) is 15.4. The number of carbonyl (C=O) groups is 1. The molecular formula is C13H19NO5S. The smallest absolute Gasteiger partial charge is 0.241 e. The van der Waals surface area contributed by atoms with E-state index in [1.807, 2.05) is 0 Å². The van der Waals surface area contributed by atoms with Gasteiger partial charge >= 0.3 is 0 Å². The lowest BCUT2D eigenvalue weighted by atomic mass is 10.1. The number of ketones is 1. The van der Waals surface area contributed by atoms with Crippen LogP contribution in [0.5, 0.6) is 0 Å². The van der Waals surface area contributed by atoms with Crippen LogP contribution in [0.2, 0.25) is 0 Å². The molecule has 0 radical (unpaired) electrons. The molecule has 7 heteroatoms. The van der Waals surface area contributed by atoms with Gasteiger partial charge in [0.15, 0.2) is 5.78 Å². The number of aliphatic hydroxyl groups excluding tert-OH is 2. The molecule has 0 aliphatic heterocycles. The molecule has 0 heterocycles. The molecule has 0 aliphatic rings. The largest absolute Gasteiger partial charge is 0.394 e. The van der Waals surface area contributed by atoms with Crippen molar-refractivity contribution in [3.63, 3.8) is 0 Å². The van der Waals surface area contributed by atoms with Crippen molar-refractivity contribution in [2.45, 2.75) is 30.7 Å². The Morgan fingerprint density at radius 3 is 2.40 bits per heavy atom. The summed E-state index contributed by atoms with van der Waals surface area (Å²) in [4.78, 5) is 11.5. The van der Waals surface area contributed by atoms with Crippen LogP contribution in [0.1, 0.15) is 30.6 Å². The lowest BCUT2D eigenvalue weighted by Gasteiger charge is -2.25. The highest BCUT2D eigenvalue weighted by Gasteiger charge is 2.29. The molecule has 0 bridgehead atoms. The maximum Gasteiger partial charge on any atom is 0.241 e. The van der Waals surface area contributed by atoms with Crippen molar-refractivity contribution in [1.82, 2.24) is 4.72 Å². The van der Waals surface area contributed by atoms with E-state index >= 15 is 0 Å². The fraction of sp³-hybridized carbons (Fsp3) is 0.462. The summed E-state index contributed by atoms with van der Waals surface area (Å²) >= 11 is 0. The second-order valence-electron chi connectivity index (χ2n) is 4.79. The standard InChI is InChI=1S/C13H19NO5S/c1-3-12(17)10-5-4-6-11(7-10)20(18,19)14-13(2,8-15)9-16/h4-7,14-16H,3,8-9H2,1-2H3. The molecule has 1 rings (SSSR count). The Balaban J connectivity index is 3.13. The molecule has 1 aromatic rings. The average Bonchev–Trinajstić information content (AvgIpc) is 2.46. The Hall–Kier alpha value is -1.28. The first kappa shape index (κ1) is 16.8. The van der Waals surface area contributed by atoms with Crippen LogP contribution >= 0.6 is 0 Å². The first-order valence-electron chi connectivity index (χ1n) is 6.17. The summed E-state index contributed by atoms with van der Waals surface area (Å²) in [5.74, 6) is -0.158. The van der Waals surface area contributed by atoms with Gasteiger partial charge in [-0.25, -0.2) is 13.1 Å². The molecule has 0 aromatic heterocycles. The third-order valence-corrected chi connectivity index (χ3v) is 4.50. The van der Waals surface area contributed by atoms with Gasteiger partial charge in [-0.1, -0.05) is 19.1 Å². The van der Waals surface area contributed by atoms with Crippen LogP contribution in [0.4, 0.5) is 0 Å². The third-order valence-electron chi connectivity index (χ3n) is 2.87. The molecule has 0 saturated carbocycles. The Bertz CT molecular complexity index is 578. The van der Waals surface area contributed by atoms with Gasteiger partial charge in [0.25, 0.3) is 0 Å². The van der Waals surface area contributed by atoms with Gasteiger partial charge in [-0.15, -0.1) is 0 Å². The van der Waals surface area contributed by atoms with E-state index in [9.17, 15) is 13.2 Å². The summed E-state index contributed by atoms with van der Waals surface area (Å²) in [6, 6.07) is 5.65. The monoisotopic (exact) mass is 301 g/mol. The SMILES string of the molecule is CCC(=O)c1cccc(S(=O)(=O)NC(C)(CO)CO)c1. The maximum absolute atomic E-state index is 12.2. The zero-order valence-corrected chi connectivity index (χ0v) is 12.3. The van der Waals surface area contributed by atoms with Crippen LogP contribution in [0.3, 0.4) is 0 Å². The van der Waals surface area contributed by atoms with E-state index < -0.39 is 28.8 Å². The highest BCUT2D eigenvalue weighted by atomic mass is 32.2. The third kappa shape index (κ3) is 3.86. The van der Waals surface area contributed by atoms with Gasteiger partial charge in [0.2, 0.25) is 10.0 Å². The number of Topliss-reactive ketones (excluding diaryl/α,β-unsaturated/α-hetero) is 1. The minimum Gasteiger partial charge on any atom is -0.394 e. The van der Waals surface area contributed by atoms with E-state index in [0.717, 1.165) is 0 Å². The van der Waals surface area contributed by atoms with E-state index in [1.165, 1.54) is 25.1 Å². The van der Waals surface area contributed by atoms with E-state index in [4.69, 9.17) is 10.2 Å². The zero-order valence-electron chi connectivity index (χ0n) is 11.5. The first-order chi connectivity index (χ1) is 9.28. The summed E-state index contributed by atoms with van der Waals surface area (Å²) < 4.78 is 26.6. The lowest BCUT2D eigenvalue weighted by molar-refractivity contribution is 0.0988. The van der Waals surface area contributed by atoms with Gasteiger partial charge in [0, 0.05) is 12.0 Å². The number of sulfonamides is 1. The van der Waals surface area contributed by atoms with Crippen LogP contribution in [0.25, 0.3) is 0 Å². The fourth-order valence-corrected chi connectivity index (χ4v) is 2.97. The fourth-order valence-electron chi connectivity index (χ4n) is 1.54. The van der Waals surface area contributed by atoms with Crippen LogP contribution in [-0.4, -0.2) is 43.2 Å². The number of carbonyl (C=O) groups excluding carboxylic acids is 1. The van der Waals surface area contributed by atoms with Gasteiger partial charge in [-0.3, -0.25) is 4.79 Å². The van der Waals surface area contributed by atoms with Crippen molar-refractivity contribution < 1.29 is 23.4 Å². The summed E-state index contributed by atoms with van der Waals surface area (Å²) in [5, 5.41) is 18.3. The van der Waals surface area contributed by atoms with E-state index in [0.29, 0.717) is 5.56 Å². The number of hydrogen-bond donors (Lipinski definition) is 3. The predicted octanol–water partition coefficient (Wildman–Crippen LogP) is 0.301. The van der Waals surface area contributed by atoms with Crippen LogP contribution < -0.4 is 4.72 Å². The van der Waals surface area contributed by atoms with Crippen LogP contribution in [-0.2, 0) is 10.0 Å². The normalized spacial score (nSPS) is 12.4. The van der Waals surface area contributed by atoms with Crippen LogP contribution in [0, 0.1) is 0 Å². The number of nitrogens with one attached hydrogen (secondary N) is 1. The molecule has 0 fully saturated rings. The first-order valence-corrected chi connectivity index (χ1v) is 7.65. The number of hydrogen-bond acceptors (Lipinski definition) is 5. The topological polar surface area (TPSA) is 104 Å². The highest BCUT2D eigenvalue weighted by molar-refractivity contribution is 7.89. The summed E-state index contributed by atoms with van der Waals surface area (Å²) in [6.45, 7) is 1.98. The molecule has 20 heavy (non-hydrogen) atoms. The molecule has 0 spiro atoms. The van der Waals surface area contributed by atoms with Crippen molar-refractivity contribution in [2.24, 2.45) is 0 Å². The molecule has 1 aromatic carbocycles. The molecule has 0 amide bonds. The number of benzene rings is 1. The quantitative estimate of drug-likeness (QED) is 0.628. The van der Waals surface area contributed by atoms with Gasteiger partial charge in [-0.2, -0.15) is 0 Å². The predicted molar refractivity (Wildman–Crippen MR) is 74.0 cm³/mol. The van der Waals surface area contributed by atoms with Crippen molar-refractivity contribution >= 4 is 15.8 Å².